The van der Waals surface area contributed by atoms with Crippen molar-refractivity contribution in [1.82, 2.24) is 9.97 Å². The normalized spacial score (nSPS) is 14.7. The van der Waals surface area contributed by atoms with Crippen LogP contribution in [-0.4, -0.2) is 16.1 Å². The number of fused-ring (bicyclic) bond motifs is 4. The predicted octanol–water partition coefficient (Wildman–Crippen LogP) is 6.13. The van der Waals surface area contributed by atoms with Gasteiger partial charge in [-0.25, -0.2) is 9.97 Å². The summed E-state index contributed by atoms with van der Waals surface area (Å²) in [5, 5.41) is 18.9. The van der Waals surface area contributed by atoms with E-state index in [0.717, 1.165) is 28.3 Å². The van der Waals surface area contributed by atoms with E-state index in [1.54, 1.807) is 6.07 Å². The van der Waals surface area contributed by atoms with Crippen LogP contribution in [0.3, 0.4) is 0 Å². The third-order valence-electron chi connectivity index (χ3n) is 5.71. The quantitative estimate of drug-likeness (QED) is 0.344. The van der Waals surface area contributed by atoms with Gasteiger partial charge in [-0.05, 0) is 41.7 Å². The average molecular weight is 426 g/mol. The molecule has 5 rings (SSSR count). The SMILES string of the molecule is N#CC(C#N)=C1c2ccccc2-c2nc3cc(C4=CC=C(C(F)(F)F)CC4)ccc3nc21. The monoisotopic (exact) mass is 426 g/mol. The predicted molar refractivity (Wildman–Crippen MR) is 114 cm³/mol. The van der Waals surface area contributed by atoms with E-state index in [4.69, 9.17) is 9.97 Å². The lowest BCUT2D eigenvalue weighted by Gasteiger charge is -2.17. The van der Waals surface area contributed by atoms with Gasteiger partial charge in [0, 0.05) is 16.7 Å². The van der Waals surface area contributed by atoms with E-state index in [0.29, 0.717) is 34.4 Å². The summed E-state index contributed by atoms with van der Waals surface area (Å²) in [5.41, 5.74) is 5.28. The van der Waals surface area contributed by atoms with Crippen LogP contribution in [0.4, 0.5) is 13.2 Å². The van der Waals surface area contributed by atoms with Gasteiger partial charge in [0.25, 0.3) is 0 Å². The van der Waals surface area contributed by atoms with Crippen LogP contribution in [-0.2, 0) is 0 Å². The summed E-state index contributed by atoms with van der Waals surface area (Å²) in [6.07, 6.45) is -1.43. The Bertz CT molecular complexity index is 1460. The first kappa shape index (κ1) is 19.7. The fourth-order valence-corrected chi connectivity index (χ4v) is 4.16. The molecule has 0 radical (unpaired) electrons. The number of hydrogen-bond acceptors (Lipinski definition) is 4. The lowest BCUT2D eigenvalue weighted by Crippen LogP contribution is -2.13. The number of nitrogens with zero attached hydrogens (tertiary/aromatic N) is 4. The molecule has 0 amide bonds. The molecule has 2 aromatic carbocycles. The molecule has 0 atom stereocenters. The van der Waals surface area contributed by atoms with Gasteiger partial charge in [0.2, 0.25) is 0 Å². The van der Waals surface area contributed by atoms with Crippen molar-refractivity contribution in [2.24, 2.45) is 0 Å². The first-order valence-electron chi connectivity index (χ1n) is 9.84. The zero-order valence-corrected chi connectivity index (χ0v) is 16.5. The highest BCUT2D eigenvalue weighted by atomic mass is 19.4. The molecule has 0 saturated heterocycles. The highest BCUT2D eigenvalue weighted by Crippen LogP contribution is 2.44. The summed E-state index contributed by atoms with van der Waals surface area (Å²) >= 11 is 0. The molecular weight excluding hydrogens is 413 g/mol. The van der Waals surface area contributed by atoms with Crippen LogP contribution in [0.2, 0.25) is 0 Å². The number of rotatable bonds is 1. The van der Waals surface area contributed by atoms with Crippen LogP contribution in [0.15, 0.2) is 65.8 Å². The Hall–Kier alpha value is -4.23. The second kappa shape index (κ2) is 7.18. The van der Waals surface area contributed by atoms with Crippen LogP contribution in [0, 0.1) is 22.7 Å². The molecule has 0 unspecified atom stereocenters. The molecule has 0 spiro atoms. The van der Waals surface area contributed by atoms with Gasteiger partial charge in [-0.3, -0.25) is 0 Å². The smallest absolute Gasteiger partial charge is 0.244 e. The molecule has 32 heavy (non-hydrogen) atoms. The molecule has 3 aromatic rings. The van der Waals surface area contributed by atoms with Crippen molar-refractivity contribution in [3.05, 3.63) is 82.6 Å². The maximum Gasteiger partial charge on any atom is 0.412 e. The molecule has 1 aromatic heterocycles. The fourth-order valence-electron chi connectivity index (χ4n) is 4.16. The number of allylic oxidation sites excluding steroid dienone is 5. The topological polar surface area (TPSA) is 73.4 Å². The molecule has 2 aliphatic carbocycles. The van der Waals surface area contributed by atoms with Gasteiger partial charge in [-0.1, -0.05) is 42.5 Å². The Kier molecular flexibility index (Phi) is 4.42. The van der Waals surface area contributed by atoms with E-state index in [1.807, 2.05) is 48.5 Å². The number of aromatic nitrogens is 2. The Morgan fingerprint density at radius 1 is 0.844 bits per heavy atom. The van der Waals surface area contributed by atoms with Crippen molar-refractivity contribution in [1.29, 1.82) is 10.5 Å². The first-order valence-corrected chi connectivity index (χ1v) is 9.84. The maximum atomic E-state index is 12.9. The van der Waals surface area contributed by atoms with Gasteiger partial charge in [-0.15, -0.1) is 0 Å². The third-order valence-corrected chi connectivity index (χ3v) is 5.71. The van der Waals surface area contributed by atoms with Crippen molar-refractivity contribution in [2.45, 2.75) is 19.0 Å². The van der Waals surface area contributed by atoms with Gasteiger partial charge in [0.1, 0.15) is 17.7 Å². The summed E-state index contributed by atoms with van der Waals surface area (Å²) in [6.45, 7) is 0. The molecule has 0 fully saturated rings. The van der Waals surface area contributed by atoms with E-state index in [1.165, 1.54) is 6.08 Å². The number of alkyl halides is 3. The minimum absolute atomic E-state index is 0.0268. The Balaban J connectivity index is 1.66. The molecule has 0 bridgehead atoms. The number of nitriles is 2. The molecule has 0 aliphatic heterocycles. The minimum atomic E-state index is -4.30. The summed E-state index contributed by atoms with van der Waals surface area (Å²) in [7, 11) is 0. The van der Waals surface area contributed by atoms with Gasteiger partial charge < -0.3 is 0 Å². The standard InChI is InChI=1S/C25H13F3N4/c26-25(27,28)17-8-5-14(6-9-17)15-7-10-20-21(11-15)32-23-19-4-2-1-3-18(19)22(24(23)31-20)16(12-29)13-30/h1-5,7-8,10-11H,6,9H2. The van der Waals surface area contributed by atoms with Crippen molar-refractivity contribution in [3.8, 4) is 23.4 Å². The van der Waals surface area contributed by atoms with Crippen molar-refractivity contribution in [2.75, 3.05) is 0 Å². The Morgan fingerprint density at radius 3 is 2.22 bits per heavy atom. The lowest BCUT2D eigenvalue weighted by atomic mass is 9.93. The molecule has 154 valence electrons. The summed E-state index contributed by atoms with van der Waals surface area (Å²) in [4.78, 5) is 9.47. The van der Waals surface area contributed by atoms with E-state index >= 15 is 0 Å². The minimum Gasteiger partial charge on any atom is -0.244 e. The van der Waals surface area contributed by atoms with Crippen LogP contribution in [0.1, 0.15) is 29.7 Å². The number of halogens is 3. The second-order valence-corrected chi connectivity index (χ2v) is 7.53. The molecule has 7 heteroatoms. The second-order valence-electron chi connectivity index (χ2n) is 7.53. The number of hydrogen-bond donors (Lipinski definition) is 0. The van der Waals surface area contributed by atoms with Gasteiger partial charge in [0.15, 0.2) is 0 Å². The van der Waals surface area contributed by atoms with E-state index in [-0.39, 0.29) is 12.0 Å². The van der Waals surface area contributed by atoms with E-state index in [2.05, 4.69) is 0 Å². The number of benzene rings is 2. The van der Waals surface area contributed by atoms with Crippen molar-refractivity contribution in [3.63, 3.8) is 0 Å². The van der Waals surface area contributed by atoms with Gasteiger partial charge >= 0.3 is 6.18 Å². The highest BCUT2D eigenvalue weighted by molar-refractivity contribution is 6.03. The van der Waals surface area contributed by atoms with Crippen LogP contribution in [0.25, 0.3) is 33.4 Å². The van der Waals surface area contributed by atoms with Gasteiger partial charge in [0.05, 0.1) is 22.4 Å². The maximum absolute atomic E-state index is 12.9. The van der Waals surface area contributed by atoms with Crippen LogP contribution < -0.4 is 0 Å². The first-order chi connectivity index (χ1) is 15.4. The van der Waals surface area contributed by atoms with E-state index in [9.17, 15) is 23.7 Å². The largest absolute Gasteiger partial charge is 0.412 e. The van der Waals surface area contributed by atoms with Crippen molar-refractivity contribution >= 4 is 22.2 Å². The van der Waals surface area contributed by atoms with Crippen LogP contribution >= 0.6 is 0 Å². The van der Waals surface area contributed by atoms with Gasteiger partial charge in [-0.2, -0.15) is 23.7 Å². The Labute approximate surface area is 181 Å². The average Bonchev–Trinajstić information content (AvgIpc) is 3.11. The molecule has 0 saturated carbocycles. The molecule has 2 aliphatic rings. The molecule has 1 heterocycles. The van der Waals surface area contributed by atoms with Crippen LogP contribution in [0.5, 0.6) is 0 Å². The zero-order chi connectivity index (χ0) is 22.5. The molecular formula is C25H13F3N4. The Morgan fingerprint density at radius 2 is 1.56 bits per heavy atom. The summed E-state index contributed by atoms with van der Waals surface area (Å²) < 4.78 is 38.7. The summed E-state index contributed by atoms with van der Waals surface area (Å²) in [6, 6.07) is 16.7. The van der Waals surface area contributed by atoms with Crippen molar-refractivity contribution < 1.29 is 13.2 Å². The molecule has 0 N–H and O–H groups in total. The highest BCUT2D eigenvalue weighted by Gasteiger charge is 2.34. The third kappa shape index (κ3) is 3.07. The fraction of sp³-hybridized carbons (Fsp3) is 0.120. The zero-order valence-electron chi connectivity index (χ0n) is 16.5. The van der Waals surface area contributed by atoms with E-state index < -0.39 is 11.7 Å². The molecule has 4 nitrogen and oxygen atoms in total. The lowest BCUT2D eigenvalue weighted by molar-refractivity contribution is -0.0939. The summed E-state index contributed by atoms with van der Waals surface area (Å²) in [5.74, 6) is 0.